The number of amidine groups is 1. The number of benzene rings is 1. The molecule has 0 aliphatic carbocycles. The molecule has 3 rings (SSSR count). The number of esters is 1. The Kier molecular flexibility index (Phi) is 8.49. The molecular formula is C23H30N4O5S. The van der Waals surface area contributed by atoms with Gasteiger partial charge in [0.15, 0.2) is 5.17 Å². The van der Waals surface area contributed by atoms with Crippen LogP contribution in [0.4, 0.5) is 5.69 Å². The maximum Gasteiger partial charge on any atom is 0.310 e. The van der Waals surface area contributed by atoms with Crippen molar-refractivity contribution < 1.29 is 23.9 Å². The van der Waals surface area contributed by atoms with E-state index in [1.807, 2.05) is 6.92 Å². The van der Waals surface area contributed by atoms with Gasteiger partial charge in [0, 0.05) is 43.9 Å². The molecule has 2 heterocycles. The van der Waals surface area contributed by atoms with Gasteiger partial charge in [0.25, 0.3) is 11.8 Å². The Labute approximate surface area is 197 Å². The number of likely N-dealkylation sites (tertiary alicyclic amines) is 1. The van der Waals surface area contributed by atoms with Gasteiger partial charge in [0.2, 0.25) is 5.91 Å². The van der Waals surface area contributed by atoms with Crippen molar-refractivity contribution in [3.05, 3.63) is 29.8 Å². The first-order valence-corrected chi connectivity index (χ1v) is 12.0. The van der Waals surface area contributed by atoms with Crippen molar-refractivity contribution in [1.29, 1.82) is 0 Å². The topological polar surface area (TPSA) is 108 Å². The number of aliphatic imine (C=N–C) groups is 1. The number of rotatable bonds is 8. The van der Waals surface area contributed by atoms with E-state index in [0.29, 0.717) is 17.8 Å². The van der Waals surface area contributed by atoms with Crippen LogP contribution in [0.25, 0.3) is 0 Å². The third kappa shape index (κ3) is 6.34. The van der Waals surface area contributed by atoms with E-state index in [1.54, 1.807) is 36.1 Å². The monoisotopic (exact) mass is 474 g/mol. The first-order valence-electron chi connectivity index (χ1n) is 11.1. The van der Waals surface area contributed by atoms with Gasteiger partial charge in [-0.3, -0.25) is 19.2 Å². The molecule has 1 N–H and O–H groups in total. The highest BCUT2D eigenvalue weighted by Gasteiger charge is 2.33. The molecule has 1 fully saturated rings. The van der Waals surface area contributed by atoms with Crippen LogP contribution in [0.2, 0.25) is 0 Å². The van der Waals surface area contributed by atoms with Crippen LogP contribution < -0.4 is 5.32 Å². The third-order valence-electron chi connectivity index (χ3n) is 5.66. The summed E-state index contributed by atoms with van der Waals surface area (Å²) < 4.78 is 4.73. The SMILES string of the molecule is CCN(CC(C)C(=O)OC)C(=O)c1ccc(NC(=O)CC2SC(N3CCCC3)=NC2=O)cc1. The maximum absolute atomic E-state index is 12.8. The van der Waals surface area contributed by atoms with Crippen molar-refractivity contribution in [2.75, 3.05) is 38.6 Å². The van der Waals surface area contributed by atoms with E-state index >= 15 is 0 Å². The fourth-order valence-corrected chi connectivity index (χ4v) is 4.89. The van der Waals surface area contributed by atoms with E-state index in [4.69, 9.17) is 4.74 Å². The van der Waals surface area contributed by atoms with Crippen LogP contribution in [0.15, 0.2) is 29.3 Å². The van der Waals surface area contributed by atoms with Gasteiger partial charge in [-0.25, -0.2) is 0 Å². The lowest BCUT2D eigenvalue weighted by atomic mass is 10.1. The van der Waals surface area contributed by atoms with Crippen molar-refractivity contribution in [3.63, 3.8) is 0 Å². The molecule has 1 saturated heterocycles. The number of carbonyl (C=O) groups excluding carboxylic acids is 4. The quantitative estimate of drug-likeness (QED) is 0.576. The normalized spacial score (nSPS) is 18.6. The number of anilines is 1. The van der Waals surface area contributed by atoms with Gasteiger partial charge in [-0.05, 0) is 44.0 Å². The van der Waals surface area contributed by atoms with Gasteiger partial charge in [-0.15, -0.1) is 0 Å². The number of methoxy groups -OCH3 is 1. The number of thioether (sulfide) groups is 1. The summed E-state index contributed by atoms with van der Waals surface area (Å²) in [5.74, 6) is -1.54. The number of nitrogens with zero attached hydrogens (tertiary/aromatic N) is 3. The lowest BCUT2D eigenvalue weighted by molar-refractivity contribution is -0.145. The summed E-state index contributed by atoms with van der Waals surface area (Å²) in [7, 11) is 1.32. The van der Waals surface area contributed by atoms with E-state index < -0.39 is 11.2 Å². The van der Waals surface area contributed by atoms with Gasteiger partial charge in [-0.2, -0.15) is 4.99 Å². The molecule has 1 aromatic rings. The van der Waals surface area contributed by atoms with E-state index in [2.05, 4.69) is 15.2 Å². The van der Waals surface area contributed by atoms with Gasteiger partial charge in [-0.1, -0.05) is 18.7 Å². The zero-order valence-electron chi connectivity index (χ0n) is 19.2. The largest absolute Gasteiger partial charge is 0.469 e. The summed E-state index contributed by atoms with van der Waals surface area (Å²) in [5.41, 5.74) is 0.996. The molecule has 9 nitrogen and oxygen atoms in total. The molecule has 2 aliphatic rings. The lowest BCUT2D eigenvalue weighted by Gasteiger charge is -2.23. The van der Waals surface area contributed by atoms with Crippen molar-refractivity contribution >= 4 is 46.3 Å². The molecule has 0 aromatic heterocycles. The summed E-state index contributed by atoms with van der Waals surface area (Å²) in [6, 6.07) is 6.57. The summed E-state index contributed by atoms with van der Waals surface area (Å²) >= 11 is 1.36. The Morgan fingerprint density at radius 1 is 1.24 bits per heavy atom. The minimum absolute atomic E-state index is 0.0417. The van der Waals surface area contributed by atoms with Crippen molar-refractivity contribution in [3.8, 4) is 0 Å². The molecule has 33 heavy (non-hydrogen) atoms. The van der Waals surface area contributed by atoms with Crippen LogP contribution in [0, 0.1) is 5.92 Å². The standard InChI is InChI=1S/C23H30N4O5S/c1-4-26(14-15(2)22(31)32-3)21(30)16-7-9-17(10-8-16)24-19(28)13-18-20(29)25-23(33-18)27-11-5-6-12-27/h7-10,15,18H,4-6,11-14H2,1-3H3,(H,24,28). The van der Waals surface area contributed by atoms with Crippen molar-refractivity contribution in [2.45, 2.75) is 38.4 Å². The smallest absolute Gasteiger partial charge is 0.310 e. The maximum atomic E-state index is 12.8. The molecule has 1 aromatic carbocycles. The van der Waals surface area contributed by atoms with Gasteiger partial charge in [0.1, 0.15) is 5.25 Å². The van der Waals surface area contributed by atoms with E-state index in [0.717, 1.165) is 31.1 Å². The summed E-state index contributed by atoms with van der Waals surface area (Å²) in [4.78, 5) is 56.9. The fraction of sp³-hybridized carbons (Fsp3) is 0.522. The Morgan fingerprint density at radius 3 is 2.52 bits per heavy atom. The Bertz CT molecular complexity index is 927. The highest BCUT2D eigenvalue weighted by atomic mass is 32.2. The number of hydrogen-bond acceptors (Lipinski definition) is 7. The minimum Gasteiger partial charge on any atom is -0.469 e. The van der Waals surface area contributed by atoms with Crippen LogP contribution in [0.3, 0.4) is 0 Å². The Hall–Kier alpha value is -2.88. The van der Waals surface area contributed by atoms with Crippen molar-refractivity contribution in [1.82, 2.24) is 9.80 Å². The molecule has 0 radical (unpaired) electrons. The number of nitrogens with one attached hydrogen (secondary N) is 1. The summed E-state index contributed by atoms with van der Waals surface area (Å²) in [6.45, 7) is 6.08. The summed E-state index contributed by atoms with van der Waals surface area (Å²) in [5, 5.41) is 3.00. The average molecular weight is 475 g/mol. The van der Waals surface area contributed by atoms with E-state index in [1.165, 1.54) is 18.9 Å². The molecule has 0 bridgehead atoms. The van der Waals surface area contributed by atoms with Crippen LogP contribution in [0.1, 0.15) is 43.5 Å². The number of carbonyl (C=O) groups is 4. The molecule has 0 saturated carbocycles. The first-order chi connectivity index (χ1) is 15.8. The van der Waals surface area contributed by atoms with E-state index in [-0.39, 0.29) is 36.7 Å². The Morgan fingerprint density at radius 2 is 1.91 bits per heavy atom. The molecule has 10 heteroatoms. The predicted octanol–water partition coefficient (Wildman–Crippen LogP) is 2.38. The number of ether oxygens (including phenoxy) is 1. The molecule has 2 aliphatic heterocycles. The predicted molar refractivity (Wildman–Crippen MR) is 127 cm³/mol. The molecule has 2 unspecified atom stereocenters. The zero-order chi connectivity index (χ0) is 24.0. The van der Waals surface area contributed by atoms with Gasteiger partial charge >= 0.3 is 5.97 Å². The van der Waals surface area contributed by atoms with Crippen LogP contribution in [-0.2, 0) is 19.1 Å². The lowest BCUT2D eigenvalue weighted by Crippen LogP contribution is -2.37. The number of hydrogen-bond donors (Lipinski definition) is 1. The molecule has 3 amide bonds. The second kappa shape index (κ2) is 11.3. The van der Waals surface area contributed by atoms with Gasteiger partial charge in [0.05, 0.1) is 13.0 Å². The highest BCUT2D eigenvalue weighted by molar-refractivity contribution is 8.15. The van der Waals surface area contributed by atoms with E-state index in [9.17, 15) is 19.2 Å². The summed E-state index contributed by atoms with van der Waals surface area (Å²) in [6.07, 6.45) is 2.23. The zero-order valence-corrected chi connectivity index (χ0v) is 20.0. The van der Waals surface area contributed by atoms with Crippen LogP contribution in [-0.4, -0.2) is 77.2 Å². The van der Waals surface area contributed by atoms with Gasteiger partial charge < -0.3 is 19.9 Å². The fourth-order valence-electron chi connectivity index (χ4n) is 3.77. The molecule has 2 atom stereocenters. The average Bonchev–Trinajstić information content (AvgIpc) is 3.47. The molecule has 0 spiro atoms. The Balaban J connectivity index is 1.52. The van der Waals surface area contributed by atoms with Crippen molar-refractivity contribution in [2.24, 2.45) is 10.9 Å². The number of amides is 3. The second-order valence-corrected chi connectivity index (χ2v) is 9.30. The minimum atomic E-state index is -0.503. The van der Waals surface area contributed by atoms with Crippen LogP contribution in [0.5, 0.6) is 0 Å². The molecule has 178 valence electrons. The molecular weight excluding hydrogens is 444 g/mol. The second-order valence-electron chi connectivity index (χ2n) is 8.13. The first kappa shape index (κ1) is 24.8. The van der Waals surface area contributed by atoms with Crippen LogP contribution >= 0.6 is 11.8 Å². The third-order valence-corrected chi connectivity index (χ3v) is 6.87. The highest BCUT2D eigenvalue weighted by Crippen LogP contribution is 2.29.